The zero-order chi connectivity index (χ0) is 13.1. The van der Waals surface area contributed by atoms with Gasteiger partial charge in [-0.2, -0.15) is 5.26 Å². The van der Waals surface area contributed by atoms with Gasteiger partial charge in [0, 0.05) is 10.5 Å². The number of benzene rings is 2. The Morgan fingerprint density at radius 1 is 1.17 bits per heavy atom. The van der Waals surface area contributed by atoms with Crippen LogP contribution >= 0.6 is 15.9 Å². The Labute approximate surface area is 112 Å². The van der Waals surface area contributed by atoms with Crippen molar-refractivity contribution in [3.05, 3.63) is 52.3 Å². The van der Waals surface area contributed by atoms with Crippen molar-refractivity contribution in [2.75, 3.05) is 5.73 Å². The second-order valence-electron chi connectivity index (χ2n) is 3.54. The maximum atomic E-state index is 13.2. The van der Waals surface area contributed by atoms with Crippen molar-refractivity contribution in [3.8, 4) is 17.6 Å². The van der Waals surface area contributed by atoms with Gasteiger partial charge < -0.3 is 10.5 Å². The van der Waals surface area contributed by atoms with Crippen LogP contribution in [0.5, 0.6) is 11.5 Å². The summed E-state index contributed by atoms with van der Waals surface area (Å²) in [4.78, 5) is 0. The van der Waals surface area contributed by atoms with Crippen LogP contribution in [0.4, 0.5) is 10.1 Å². The zero-order valence-corrected chi connectivity index (χ0v) is 10.7. The number of nitrogens with two attached hydrogens (primary N) is 1. The Kier molecular flexibility index (Phi) is 3.49. The number of halogens is 2. The predicted octanol–water partition coefficient (Wildman–Crippen LogP) is 3.83. The smallest absolute Gasteiger partial charge is 0.149 e. The van der Waals surface area contributed by atoms with Crippen molar-refractivity contribution < 1.29 is 9.13 Å². The normalized spacial score (nSPS) is 9.83. The van der Waals surface area contributed by atoms with Crippen molar-refractivity contribution in [1.29, 1.82) is 5.26 Å². The topological polar surface area (TPSA) is 59.0 Å². The second kappa shape index (κ2) is 5.07. The van der Waals surface area contributed by atoms with E-state index in [1.54, 1.807) is 24.3 Å². The van der Waals surface area contributed by atoms with Crippen LogP contribution in [0.3, 0.4) is 0 Å². The first-order chi connectivity index (χ1) is 8.60. The SMILES string of the molecule is N#Cc1ccc(Oc2ccc(N)c(F)c2)cc1Br. The van der Waals surface area contributed by atoms with Crippen LogP contribution < -0.4 is 10.5 Å². The molecule has 18 heavy (non-hydrogen) atoms. The van der Waals surface area contributed by atoms with Gasteiger partial charge in [-0.25, -0.2) is 4.39 Å². The average Bonchev–Trinajstić information content (AvgIpc) is 2.34. The molecule has 0 spiro atoms. The lowest BCUT2D eigenvalue weighted by Gasteiger charge is -2.07. The van der Waals surface area contributed by atoms with Gasteiger partial charge in [0.1, 0.15) is 23.4 Å². The fourth-order valence-corrected chi connectivity index (χ4v) is 1.80. The molecular weight excluding hydrogens is 299 g/mol. The third-order valence-corrected chi connectivity index (χ3v) is 2.92. The van der Waals surface area contributed by atoms with Crippen LogP contribution in [0.15, 0.2) is 40.9 Å². The first kappa shape index (κ1) is 12.4. The predicted molar refractivity (Wildman–Crippen MR) is 69.7 cm³/mol. The first-order valence-electron chi connectivity index (χ1n) is 5.02. The van der Waals surface area contributed by atoms with Gasteiger partial charge in [0.15, 0.2) is 0 Å². The summed E-state index contributed by atoms with van der Waals surface area (Å²) in [5.74, 6) is 0.323. The number of rotatable bonds is 2. The highest BCUT2D eigenvalue weighted by molar-refractivity contribution is 9.10. The van der Waals surface area contributed by atoms with Gasteiger partial charge in [-0.3, -0.25) is 0 Å². The minimum absolute atomic E-state index is 0.0726. The van der Waals surface area contributed by atoms with Crippen molar-refractivity contribution in [3.63, 3.8) is 0 Å². The number of ether oxygens (including phenoxy) is 1. The molecule has 0 unspecified atom stereocenters. The molecule has 2 aromatic carbocycles. The van der Waals surface area contributed by atoms with E-state index in [1.807, 2.05) is 6.07 Å². The average molecular weight is 307 g/mol. The molecule has 0 aliphatic rings. The molecule has 0 aliphatic carbocycles. The number of hydrogen-bond acceptors (Lipinski definition) is 3. The summed E-state index contributed by atoms with van der Waals surface area (Å²) in [7, 11) is 0. The van der Waals surface area contributed by atoms with Crippen LogP contribution in [-0.2, 0) is 0 Å². The van der Waals surface area contributed by atoms with Crippen molar-refractivity contribution >= 4 is 21.6 Å². The van der Waals surface area contributed by atoms with Crippen molar-refractivity contribution in [2.45, 2.75) is 0 Å². The molecule has 0 aromatic heterocycles. The molecule has 0 bridgehead atoms. The molecule has 2 N–H and O–H groups in total. The van der Waals surface area contributed by atoms with E-state index in [0.29, 0.717) is 21.5 Å². The maximum absolute atomic E-state index is 13.2. The van der Waals surface area contributed by atoms with Gasteiger partial charge in [-0.05, 0) is 46.3 Å². The Hall–Kier alpha value is -2.06. The number of nitriles is 1. The minimum atomic E-state index is -0.528. The van der Waals surface area contributed by atoms with Crippen molar-refractivity contribution in [1.82, 2.24) is 0 Å². The van der Waals surface area contributed by atoms with Gasteiger partial charge in [0.25, 0.3) is 0 Å². The van der Waals surface area contributed by atoms with E-state index in [1.165, 1.54) is 12.1 Å². The molecule has 5 heteroatoms. The lowest BCUT2D eigenvalue weighted by atomic mass is 10.2. The molecule has 2 aromatic rings. The maximum Gasteiger partial charge on any atom is 0.149 e. The molecule has 0 saturated heterocycles. The number of nitrogens with zero attached hydrogens (tertiary/aromatic N) is 1. The highest BCUT2D eigenvalue weighted by atomic mass is 79.9. The van der Waals surface area contributed by atoms with Crippen LogP contribution in [-0.4, -0.2) is 0 Å². The fourth-order valence-electron chi connectivity index (χ4n) is 1.36. The quantitative estimate of drug-likeness (QED) is 0.858. The standard InChI is InChI=1S/C13H8BrFN2O/c14-11-5-9(2-1-8(11)7-16)18-10-3-4-13(17)12(15)6-10/h1-6H,17H2. The first-order valence-corrected chi connectivity index (χ1v) is 5.82. The Morgan fingerprint density at radius 3 is 2.44 bits per heavy atom. The zero-order valence-electron chi connectivity index (χ0n) is 9.15. The Balaban J connectivity index is 2.26. The van der Waals surface area contributed by atoms with Crippen molar-refractivity contribution in [2.24, 2.45) is 0 Å². The summed E-state index contributed by atoms with van der Waals surface area (Å²) in [6.45, 7) is 0. The van der Waals surface area contributed by atoms with Crippen LogP contribution in [0, 0.1) is 17.1 Å². The molecule has 0 atom stereocenters. The van der Waals surface area contributed by atoms with Gasteiger partial charge >= 0.3 is 0 Å². The van der Waals surface area contributed by atoms with Crippen LogP contribution in [0.1, 0.15) is 5.56 Å². The fraction of sp³-hybridized carbons (Fsp3) is 0. The minimum Gasteiger partial charge on any atom is -0.457 e. The van der Waals surface area contributed by atoms with E-state index >= 15 is 0 Å². The summed E-state index contributed by atoms with van der Waals surface area (Å²) in [5, 5.41) is 8.78. The molecule has 0 amide bonds. The molecule has 0 radical (unpaired) electrons. The summed E-state index contributed by atoms with van der Waals surface area (Å²) in [5.41, 5.74) is 5.95. The largest absolute Gasteiger partial charge is 0.457 e. The molecule has 3 nitrogen and oxygen atoms in total. The van der Waals surface area contributed by atoms with Gasteiger partial charge in [0.05, 0.1) is 11.3 Å². The lowest BCUT2D eigenvalue weighted by Crippen LogP contribution is -1.91. The highest BCUT2D eigenvalue weighted by Crippen LogP contribution is 2.28. The Bertz CT molecular complexity index is 637. The third-order valence-electron chi connectivity index (χ3n) is 2.27. The molecule has 90 valence electrons. The molecule has 0 aliphatic heterocycles. The summed E-state index contributed by atoms with van der Waals surface area (Å²) >= 11 is 3.25. The lowest BCUT2D eigenvalue weighted by molar-refractivity contribution is 0.477. The Morgan fingerprint density at radius 2 is 1.83 bits per heavy atom. The van der Waals surface area contributed by atoms with E-state index in [0.717, 1.165) is 0 Å². The molecule has 0 heterocycles. The van der Waals surface area contributed by atoms with E-state index in [9.17, 15) is 4.39 Å². The van der Waals surface area contributed by atoms with E-state index < -0.39 is 5.82 Å². The summed E-state index contributed by atoms with van der Waals surface area (Å²) in [6.07, 6.45) is 0. The molecule has 0 saturated carbocycles. The van der Waals surface area contributed by atoms with Crippen LogP contribution in [0.25, 0.3) is 0 Å². The highest BCUT2D eigenvalue weighted by Gasteiger charge is 2.05. The van der Waals surface area contributed by atoms with E-state index in [4.69, 9.17) is 15.7 Å². The third kappa shape index (κ3) is 2.60. The molecule has 2 rings (SSSR count). The van der Waals surface area contributed by atoms with E-state index in [-0.39, 0.29) is 5.69 Å². The van der Waals surface area contributed by atoms with Crippen LogP contribution in [0.2, 0.25) is 0 Å². The number of anilines is 1. The second-order valence-corrected chi connectivity index (χ2v) is 4.39. The summed E-state index contributed by atoms with van der Waals surface area (Å²) in [6, 6.07) is 11.1. The molecule has 0 fully saturated rings. The monoisotopic (exact) mass is 306 g/mol. The summed E-state index contributed by atoms with van der Waals surface area (Å²) < 4.78 is 19.3. The van der Waals surface area contributed by atoms with Gasteiger partial charge in [-0.15, -0.1) is 0 Å². The number of nitrogen functional groups attached to an aromatic ring is 1. The number of hydrogen-bond donors (Lipinski definition) is 1. The molecular formula is C13H8BrFN2O. The van der Waals surface area contributed by atoms with E-state index in [2.05, 4.69) is 15.9 Å². The van der Waals surface area contributed by atoms with Gasteiger partial charge in [-0.1, -0.05) is 0 Å². The van der Waals surface area contributed by atoms with Gasteiger partial charge in [0.2, 0.25) is 0 Å².